The van der Waals surface area contributed by atoms with E-state index in [-0.39, 0.29) is 42.0 Å². The molecular weight excluding hydrogens is 226 g/mol. The number of benzene rings is 1. The number of quaternary nitrogens is 1. The van der Waals surface area contributed by atoms with Gasteiger partial charge in [-0.2, -0.15) is 0 Å². The Kier molecular flexibility index (Phi) is 8.70. The number of rotatable bonds is 3. The minimum absolute atomic E-state index is 0. The molecule has 5 heteroatoms. The van der Waals surface area contributed by atoms with E-state index in [1.807, 2.05) is 18.2 Å². The summed E-state index contributed by atoms with van der Waals surface area (Å²) in [7, 11) is 0. The van der Waals surface area contributed by atoms with Crippen LogP contribution < -0.4 is 12.4 Å². The van der Waals surface area contributed by atoms with E-state index in [4.69, 9.17) is 0 Å². The molecule has 0 radical (unpaired) electrons. The van der Waals surface area contributed by atoms with Crippen LogP contribution in [-0.4, -0.2) is 33.9 Å². The number of hydroxylamine groups is 4. The molecule has 0 aromatic heterocycles. The fourth-order valence-corrected chi connectivity index (χ4v) is 1.02. The predicted molar refractivity (Wildman–Crippen MR) is 58.0 cm³/mol. The van der Waals surface area contributed by atoms with Crippen molar-refractivity contribution in [1.29, 1.82) is 0 Å². The van der Waals surface area contributed by atoms with Crippen LogP contribution in [0.2, 0.25) is 0 Å². The summed E-state index contributed by atoms with van der Waals surface area (Å²) >= 11 is 0. The molecule has 0 aliphatic heterocycles. The van der Waals surface area contributed by atoms with Gasteiger partial charge in [-0.15, -0.1) is 0 Å². The van der Waals surface area contributed by atoms with E-state index in [0.29, 0.717) is 0 Å². The summed E-state index contributed by atoms with van der Waals surface area (Å²) in [5, 5.41) is 22.7. The molecule has 1 aromatic rings. The molecule has 1 rings (SSSR count). The normalized spacial score (nSPS) is 10.5. The molecule has 0 saturated heterocycles. The zero-order chi connectivity index (χ0) is 9.90. The van der Waals surface area contributed by atoms with Gasteiger partial charge in [-0.25, -0.2) is 0 Å². The monoisotopic (exact) mass is 239 g/mol. The summed E-state index contributed by atoms with van der Waals surface area (Å²) in [4.78, 5) is -1.45. The van der Waals surface area contributed by atoms with Gasteiger partial charge in [0.2, 0.25) is 0 Å². The Morgan fingerprint density at radius 1 is 1.13 bits per heavy atom. The third kappa shape index (κ3) is 5.70. The molecule has 0 N–H and O–H groups in total. The third-order valence-electron chi connectivity index (χ3n) is 2.03. The van der Waals surface area contributed by atoms with Crippen molar-refractivity contribution in [2.24, 2.45) is 0 Å². The Morgan fingerprint density at radius 2 is 1.60 bits per heavy atom. The fraction of sp³-hybridized carbons (Fsp3) is 0.400. The summed E-state index contributed by atoms with van der Waals surface area (Å²) < 4.78 is 0. The standard InChI is InChI=1S/C10H14NO2.ClH.Mg/c1-9(2)11(12,13)8-10-6-4-3-5-7-10;;/h3-7,9H,8H2,1-2H3;1H;/q-1;;+2/p-1. The average Bonchev–Trinajstić information content (AvgIpc) is 2.05. The van der Waals surface area contributed by atoms with Crippen LogP contribution in [0.4, 0.5) is 0 Å². The van der Waals surface area contributed by atoms with Gasteiger partial charge >= 0.3 is 23.1 Å². The molecule has 1 aromatic carbocycles. The summed E-state index contributed by atoms with van der Waals surface area (Å²) in [6.07, 6.45) is 0. The number of nitrogens with zero attached hydrogens (tertiary/aromatic N) is 1. The first-order chi connectivity index (χ1) is 6.02. The van der Waals surface area contributed by atoms with Gasteiger partial charge in [0, 0.05) is 5.56 Å². The van der Waals surface area contributed by atoms with E-state index < -0.39 is 10.9 Å². The second-order valence-corrected chi connectivity index (χ2v) is 3.46. The maximum absolute atomic E-state index is 11.4. The van der Waals surface area contributed by atoms with Gasteiger partial charge in [-0.1, -0.05) is 30.3 Å². The summed E-state index contributed by atoms with van der Waals surface area (Å²) in [6, 6.07) is 8.67. The summed E-state index contributed by atoms with van der Waals surface area (Å²) in [5.41, 5.74) is 0.793. The molecule has 0 fully saturated rings. The van der Waals surface area contributed by atoms with Crippen LogP contribution in [0.25, 0.3) is 0 Å². The second-order valence-electron chi connectivity index (χ2n) is 3.46. The van der Waals surface area contributed by atoms with Gasteiger partial charge < -0.3 is 27.6 Å². The third-order valence-corrected chi connectivity index (χ3v) is 2.03. The van der Waals surface area contributed by atoms with Gasteiger partial charge in [0.05, 0.1) is 6.04 Å². The molecular formula is C10H14ClMgNO2. The van der Waals surface area contributed by atoms with E-state index in [0.717, 1.165) is 5.56 Å². The second kappa shape index (κ2) is 7.43. The van der Waals surface area contributed by atoms with Gasteiger partial charge in [0.1, 0.15) is 6.54 Å². The molecule has 80 valence electrons. The Balaban J connectivity index is 0. The van der Waals surface area contributed by atoms with Gasteiger partial charge in [-0.05, 0) is 13.8 Å². The zero-order valence-corrected chi connectivity index (χ0v) is 11.2. The van der Waals surface area contributed by atoms with Crippen LogP contribution in [0, 0.1) is 10.4 Å². The molecule has 0 aliphatic carbocycles. The van der Waals surface area contributed by atoms with Crippen molar-refractivity contribution in [2.45, 2.75) is 26.4 Å². The van der Waals surface area contributed by atoms with Crippen LogP contribution in [0.5, 0.6) is 0 Å². The SMILES string of the molecule is CC(C)[N+]([O-])([O-])Cc1ccccc1.[Cl-].[Mg+2]. The number of halogens is 1. The number of hydrogen-bond acceptors (Lipinski definition) is 2. The molecule has 0 amide bonds. The molecule has 0 bridgehead atoms. The Morgan fingerprint density at radius 3 is 2.00 bits per heavy atom. The smallest absolute Gasteiger partial charge is 1.00 e. The first-order valence-electron chi connectivity index (χ1n) is 4.36. The van der Waals surface area contributed by atoms with Crippen molar-refractivity contribution in [3.63, 3.8) is 0 Å². The first-order valence-corrected chi connectivity index (χ1v) is 4.36. The van der Waals surface area contributed by atoms with Crippen molar-refractivity contribution < 1.29 is 17.2 Å². The number of hydrogen-bond donors (Lipinski definition) is 0. The predicted octanol–water partition coefficient (Wildman–Crippen LogP) is -0.969. The van der Waals surface area contributed by atoms with E-state index in [1.165, 1.54) is 0 Å². The first kappa shape index (κ1) is 17.5. The Labute approximate surface area is 113 Å². The van der Waals surface area contributed by atoms with Gasteiger partial charge in [0.25, 0.3) is 0 Å². The van der Waals surface area contributed by atoms with E-state index in [2.05, 4.69) is 0 Å². The summed E-state index contributed by atoms with van der Waals surface area (Å²) in [5.74, 6) is 0. The van der Waals surface area contributed by atoms with Crippen molar-refractivity contribution >= 4 is 23.1 Å². The van der Waals surface area contributed by atoms with Crippen molar-refractivity contribution in [3.05, 3.63) is 46.3 Å². The molecule has 15 heavy (non-hydrogen) atoms. The van der Waals surface area contributed by atoms with Crippen molar-refractivity contribution in [2.75, 3.05) is 0 Å². The molecule has 0 spiro atoms. The topological polar surface area (TPSA) is 46.1 Å². The average molecular weight is 240 g/mol. The molecule has 0 heterocycles. The largest absolute Gasteiger partial charge is 2.00 e. The maximum atomic E-state index is 11.4. The molecule has 0 aliphatic rings. The van der Waals surface area contributed by atoms with Gasteiger partial charge in [0.15, 0.2) is 0 Å². The minimum Gasteiger partial charge on any atom is -1.00 e. The Bertz CT molecular complexity index is 267. The summed E-state index contributed by atoms with van der Waals surface area (Å²) in [6.45, 7) is 3.28. The zero-order valence-electron chi connectivity index (χ0n) is 9.02. The van der Waals surface area contributed by atoms with Crippen LogP contribution in [-0.2, 0) is 6.54 Å². The van der Waals surface area contributed by atoms with Crippen LogP contribution >= 0.6 is 0 Å². The fourth-order valence-electron chi connectivity index (χ4n) is 1.02. The maximum Gasteiger partial charge on any atom is 2.00 e. The molecule has 0 atom stereocenters. The van der Waals surface area contributed by atoms with Crippen molar-refractivity contribution in [3.8, 4) is 0 Å². The Hall–Kier alpha value is 0.156. The van der Waals surface area contributed by atoms with Crippen molar-refractivity contribution in [1.82, 2.24) is 0 Å². The molecule has 0 unspecified atom stereocenters. The van der Waals surface area contributed by atoms with Crippen LogP contribution in [0.1, 0.15) is 19.4 Å². The van der Waals surface area contributed by atoms with E-state index >= 15 is 0 Å². The van der Waals surface area contributed by atoms with Crippen LogP contribution in [0.15, 0.2) is 30.3 Å². The molecule has 3 nitrogen and oxygen atoms in total. The minimum atomic E-state index is -1.45. The van der Waals surface area contributed by atoms with E-state index in [9.17, 15) is 10.4 Å². The van der Waals surface area contributed by atoms with E-state index in [1.54, 1.807) is 26.0 Å². The quantitative estimate of drug-likeness (QED) is 0.387. The van der Waals surface area contributed by atoms with Gasteiger partial charge in [-0.3, -0.25) is 0 Å². The molecule has 0 saturated carbocycles. The van der Waals surface area contributed by atoms with Crippen LogP contribution in [0.3, 0.4) is 0 Å².